The minimum absolute atomic E-state index is 0.00628. The Morgan fingerprint density at radius 1 is 1.23 bits per heavy atom. The van der Waals surface area contributed by atoms with Crippen LogP contribution in [-0.2, 0) is 10.0 Å². The lowest BCUT2D eigenvalue weighted by atomic mass is 10.2. The molecule has 0 aliphatic rings. The van der Waals surface area contributed by atoms with Gasteiger partial charge in [-0.3, -0.25) is 9.89 Å². The lowest BCUT2D eigenvalue weighted by Crippen LogP contribution is -2.14. The molecule has 0 aliphatic heterocycles. The molecule has 26 heavy (non-hydrogen) atoms. The molecule has 0 spiro atoms. The van der Waals surface area contributed by atoms with Crippen molar-refractivity contribution >= 4 is 33.3 Å². The zero-order chi connectivity index (χ0) is 18.9. The normalized spacial score (nSPS) is 11.3. The van der Waals surface area contributed by atoms with Gasteiger partial charge >= 0.3 is 0 Å². The first-order chi connectivity index (χ1) is 12.3. The molecule has 0 unspecified atom stereocenters. The Hall–Kier alpha value is -3.34. The standard InChI is InChI=1S/C15H16N6O4S/c1-8-9(2)20-25-15(8)21-26(23,24)11-5-3-10(4-6-11)18-14(22)12-7-17-19-13(12)16/h3-7,21H,1-2H3,(H,18,22)(H3,16,17,19). The number of hydrogen-bond donors (Lipinski definition) is 4. The molecule has 0 atom stereocenters. The highest BCUT2D eigenvalue weighted by Crippen LogP contribution is 2.22. The van der Waals surface area contributed by atoms with E-state index in [1.54, 1.807) is 13.8 Å². The highest BCUT2D eigenvalue weighted by Gasteiger charge is 2.19. The van der Waals surface area contributed by atoms with Gasteiger partial charge in [-0.2, -0.15) is 5.10 Å². The van der Waals surface area contributed by atoms with Crippen LogP contribution < -0.4 is 15.8 Å². The zero-order valence-corrected chi connectivity index (χ0v) is 14.7. The summed E-state index contributed by atoms with van der Waals surface area (Å²) in [5.74, 6) is -0.253. The number of sulfonamides is 1. The molecule has 3 aromatic rings. The number of aromatic nitrogens is 3. The molecule has 0 radical (unpaired) electrons. The molecule has 1 aromatic carbocycles. The van der Waals surface area contributed by atoms with Gasteiger partial charge in [0.15, 0.2) is 0 Å². The van der Waals surface area contributed by atoms with Crippen LogP contribution in [-0.4, -0.2) is 29.7 Å². The van der Waals surface area contributed by atoms with Gasteiger partial charge in [-0.15, -0.1) is 0 Å². The van der Waals surface area contributed by atoms with E-state index in [9.17, 15) is 13.2 Å². The summed E-state index contributed by atoms with van der Waals surface area (Å²) < 4.78 is 32.1. The number of aryl methyl sites for hydroxylation is 1. The topological polar surface area (TPSA) is 156 Å². The van der Waals surface area contributed by atoms with Gasteiger partial charge in [0.25, 0.3) is 15.9 Å². The summed E-state index contributed by atoms with van der Waals surface area (Å²) in [6.45, 7) is 3.41. The minimum Gasteiger partial charge on any atom is -0.383 e. The van der Waals surface area contributed by atoms with Crippen molar-refractivity contribution in [2.45, 2.75) is 18.7 Å². The molecule has 2 aromatic heterocycles. The minimum atomic E-state index is -3.85. The van der Waals surface area contributed by atoms with E-state index in [4.69, 9.17) is 10.3 Å². The van der Waals surface area contributed by atoms with Gasteiger partial charge < -0.3 is 15.6 Å². The fraction of sp³-hybridized carbons (Fsp3) is 0.133. The number of hydrogen-bond acceptors (Lipinski definition) is 7. The molecule has 0 saturated carbocycles. The first kappa shape index (κ1) is 17.5. The predicted octanol–water partition coefficient (Wildman–Crippen LogP) is 1.65. The predicted molar refractivity (Wildman–Crippen MR) is 94.2 cm³/mol. The van der Waals surface area contributed by atoms with Gasteiger partial charge in [-0.1, -0.05) is 5.16 Å². The number of carbonyl (C=O) groups is 1. The quantitative estimate of drug-likeness (QED) is 0.527. The summed E-state index contributed by atoms with van der Waals surface area (Å²) in [4.78, 5) is 12.1. The Labute approximate surface area is 148 Å². The molecule has 2 heterocycles. The van der Waals surface area contributed by atoms with Gasteiger partial charge in [-0.25, -0.2) is 13.1 Å². The van der Waals surface area contributed by atoms with E-state index in [0.717, 1.165) is 0 Å². The van der Waals surface area contributed by atoms with Crippen molar-refractivity contribution < 1.29 is 17.7 Å². The Morgan fingerprint density at radius 3 is 2.46 bits per heavy atom. The van der Waals surface area contributed by atoms with Crippen molar-refractivity contribution in [1.29, 1.82) is 0 Å². The number of nitrogens with zero attached hydrogens (tertiary/aromatic N) is 2. The van der Waals surface area contributed by atoms with E-state index in [1.165, 1.54) is 30.5 Å². The zero-order valence-electron chi connectivity index (χ0n) is 13.9. The van der Waals surface area contributed by atoms with Gasteiger partial charge in [0, 0.05) is 11.3 Å². The fourth-order valence-electron chi connectivity index (χ4n) is 2.08. The lowest BCUT2D eigenvalue weighted by molar-refractivity contribution is 0.102. The van der Waals surface area contributed by atoms with Gasteiger partial charge in [0.05, 0.1) is 16.8 Å². The van der Waals surface area contributed by atoms with Crippen molar-refractivity contribution in [1.82, 2.24) is 15.4 Å². The molecular weight excluding hydrogens is 360 g/mol. The maximum atomic E-state index is 12.4. The average Bonchev–Trinajstić information content (AvgIpc) is 3.16. The van der Waals surface area contributed by atoms with E-state index in [0.29, 0.717) is 16.9 Å². The molecule has 136 valence electrons. The first-order valence-corrected chi connectivity index (χ1v) is 8.92. The van der Waals surface area contributed by atoms with Crippen LogP contribution in [0.2, 0.25) is 0 Å². The van der Waals surface area contributed by atoms with E-state index >= 15 is 0 Å². The molecule has 0 aliphatic carbocycles. The molecule has 0 bridgehead atoms. The summed E-state index contributed by atoms with van der Waals surface area (Å²) in [5.41, 5.74) is 7.38. The number of amides is 1. The SMILES string of the molecule is Cc1noc(NS(=O)(=O)c2ccc(NC(=O)c3cn[nH]c3N)cc2)c1C. The van der Waals surface area contributed by atoms with Crippen LogP contribution in [0.1, 0.15) is 21.6 Å². The van der Waals surface area contributed by atoms with Crippen LogP contribution in [0.25, 0.3) is 0 Å². The Morgan fingerprint density at radius 2 is 1.92 bits per heavy atom. The van der Waals surface area contributed by atoms with Gasteiger partial charge in [0.2, 0.25) is 5.88 Å². The molecule has 3 rings (SSSR count). The van der Waals surface area contributed by atoms with Crippen LogP contribution >= 0.6 is 0 Å². The van der Waals surface area contributed by atoms with Crippen LogP contribution in [0, 0.1) is 13.8 Å². The van der Waals surface area contributed by atoms with Crippen molar-refractivity contribution in [2.75, 3.05) is 15.8 Å². The van der Waals surface area contributed by atoms with Crippen molar-refractivity contribution in [3.63, 3.8) is 0 Å². The third-order valence-electron chi connectivity index (χ3n) is 3.72. The summed E-state index contributed by atoms with van der Waals surface area (Å²) in [7, 11) is -3.85. The molecule has 5 N–H and O–H groups in total. The van der Waals surface area contributed by atoms with Crippen molar-refractivity contribution in [3.8, 4) is 0 Å². The van der Waals surface area contributed by atoms with Crippen LogP contribution in [0.3, 0.4) is 0 Å². The maximum absolute atomic E-state index is 12.4. The number of benzene rings is 1. The number of nitrogens with one attached hydrogen (secondary N) is 3. The molecule has 1 amide bonds. The summed E-state index contributed by atoms with van der Waals surface area (Å²) in [6, 6.07) is 5.63. The Balaban J connectivity index is 1.75. The van der Waals surface area contributed by atoms with Gasteiger partial charge in [0.1, 0.15) is 11.4 Å². The number of rotatable bonds is 5. The number of nitrogen functional groups attached to an aromatic ring is 1. The number of carbonyl (C=O) groups excluding carboxylic acids is 1. The second kappa shape index (κ2) is 6.52. The van der Waals surface area contributed by atoms with Gasteiger partial charge in [-0.05, 0) is 38.1 Å². The number of aromatic amines is 1. The number of H-pyrrole nitrogens is 1. The van der Waals surface area contributed by atoms with Crippen molar-refractivity contribution in [2.24, 2.45) is 0 Å². The van der Waals surface area contributed by atoms with Crippen LogP contribution in [0.5, 0.6) is 0 Å². The van der Waals surface area contributed by atoms with E-state index < -0.39 is 15.9 Å². The van der Waals surface area contributed by atoms with E-state index in [1.807, 2.05) is 0 Å². The molecule has 10 nitrogen and oxygen atoms in total. The first-order valence-electron chi connectivity index (χ1n) is 7.44. The Bertz CT molecular complexity index is 1050. The molecule has 11 heteroatoms. The monoisotopic (exact) mass is 376 g/mol. The molecule has 0 saturated heterocycles. The maximum Gasteiger partial charge on any atom is 0.264 e. The van der Waals surface area contributed by atoms with E-state index in [-0.39, 0.29) is 22.2 Å². The molecule has 0 fully saturated rings. The summed E-state index contributed by atoms with van der Waals surface area (Å²) in [6.07, 6.45) is 1.30. The second-order valence-corrected chi connectivity index (χ2v) is 7.19. The molecular formula is C15H16N6O4S. The highest BCUT2D eigenvalue weighted by atomic mass is 32.2. The Kier molecular flexibility index (Phi) is 4.38. The number of nitrogens with two attached hydrogens (primary N) is 1. The van der Waals surface area contributed by atoms with Crippen LogP contribution in [0.15, 0.2) is 39.9 Å². The van der Waals surface area contributed by atoms with Crippen molar-refractivity contribution in [3.05, 3.63) is 47.3 Å². The second-order valence-electron chi connectivity index (χ2n) is 5.50. The highest BCUT2D eigenvalue weighted by molar-refractivity contribution is 7.92. The van der Waals surface area contributed by atoms with Crippen LogP contribution in [0.4, 0.5) is 17.4 Å². The fourth-order valence-corrected chi connectivity index (χ4v) is 3.13. The smallest absolute Gasteiger partial charge is 0.264 e. The number of anilines is 3. The lowest BCUT2D eigenvalue weighted by Gasteiger charge is -2.08. The summed E-state index contributed by atoms with van der Waals surface area (Å²) in [5, 5.41) is 12.4. The van der Waals surface area contributed by atoms with E-state index in [2.05, 4.69) is 25.4 Å². The third kappa shape index (κ3) is 3.37. The average molecular weight is 376 g/mol. The summed E-state index contributed by atoms with van der Waals surface area (Å²) >= 11 is 0. The largest absolute Gasteiger partial charge is 0.383 e. The third-order valence-corrected chi connectivity index (χ3v) is 5.07.